The fourth-order valence-corrected chi connectivity index (χ4v) is 3.41. The molecule has 0 unspecified atom stereocenters. The van der Waals surface area contributed by atoms with Crippen molar-refractivity contribution in [3.05, 3.63) is 35.4 Å². The molecule has 0 aromatic heterocycles. The number of Topliss-reactive ketones (excluding diaryl/α,β-unsaturated/α-hetero) is 1. The molecule has 2 rings (SSSR count). The van der Waals surface area contributed by atoms with Crippen molar-refractivity contribution in [1.29, 1.82) is 0 Å². The van der Waals surface area contributed by atoms with Crippen molar-refractivity contribution in [2.24, 2.45) is 5.92 Å². The van der Waals surface area contributed by atoms with Crippen LogP contribution < -0.4 is 0 Å². The zero-order chi connectivity index (χ0) is 22.5. The first kappa shape index (κ1) is 23.9. The van der Waals surface area contributed by atoms with Gasteiger partial charge in [0.1, 0.15) is 11.2 Å². The summed E-state index contributed by atoms with van der Waals surface area (Å²) in [6.45, 7) is 10.4. The van der Waals surface area contributed by atoms with Crippen LogP contribution in [0.1, 0.15) is 89.6 Å². The molecule has 1 aromatic rings. The second-order valence-corrected chi connectivity index (χ2v) is 10.0. The zero-order valence-corrected chi connectivity index (χ0v) is 19.1. The third-order valence-corrected chi connectivity index (χ3v) is 4.79. The average molecular weight is 418 g/mol. The summed E-state index contributed by atoms with van der Waals surface area (Å²) in [6.07, 6.45) is 3.73. The van der Waals surface area contributed by atoms with Crippen LogP contribution in [0.3, 0.4) is 0 Å². The second kappa shape index (κ2) is 9.63. The molecule has 0 radical (unpaired) electrons. The van der Waals surface area contributed by atoms with Crippen molar-refractivity contribution in [2.75, 3.05) is 0 Å². The van der Waals surface area contributed by atoms with Gasteiger partial charge in [0, 0.05) is 12.0 Å². The predicted molar refractivity (Wildman–Crippen MR) is 115 cm³/mol. The Balaban J connectivity index is 2.10. The molecular weight excluding hydrogens is 382 g/mol. The maximum Gasteiger partial charge on any atom is 0.420 e. The summed E-state index contributed by atoms with van der Waals surface area (Å²) in [5.41, 5.74) is -0.113. The molecule has 2 amide bonds. The molecule has 1 saturated carbocycles. The fourth-order valence-electron chi connectivity index (χ4n) is 3.41. The Morgan fingerprint density at radius 2 is 1.33 bits per heavy atom. The zero-order valence-electron chi connectivity index (χ0n) is 19.1. The van der Waals surface area contributed by atoms with Crippen molar-refractivity contribution < 1.29 is 23.9 Å². The minimum absolute atomic E-state index is 0.000915. The average Bonchev–Trinajstić information content (AvgIpc) is 3.09. The van der Waals surface area contributed by atoms with Gasteiger partial charge < -0.3 is 9.47 Å². The monoisotopic (exact) mass is 417 g/mol. The van der Waals surface area contributed by atoms with E-state index in [1.54, 1.807) is 65.8 Å². The molecule has 0 saturated heterocycles. The number of nitrogens with zero attached hydrogens (tertiary/aromatic N) is 1. The Kier molecular flexibility index (Phi) is 7.67. The third kappa shape index (κ3) is 7.81. The quantitative estimate of drug-likeness (QED) is 0.540. The van der Waals surface area contributed by atoms with Crippen LogP contribution >= 0.6 is 0 Å². The summed E-state index contributed by atoms with van der Waals surface area (Å²) in [5.74, 6) is 0.636. The Labute approximate surface area is 179 Å². The lowest BCUT2D eigenvalue weighted by Crippen LogP contribution is -2.43. The van der Waals surface area contributed by atoms with E-state index in [2.05, 4.69) is 0 Å². The first-order valence-corrected chi connectivity index (χ1v) is 10.7. The van der Waals surface area contributed by atoms with Crippen molar-refractivity contribution in [1.82, 2.24) is 4.90 Å². The molecule has 1 aliphatic rings. The van der Waals surface area contributed by atoms with Crippen LogP contribution in [0.4, 0.5) is 9.59 Å². The number of rotatable bonds is 5. The number of imide groups is 1. The fraction of sp³-hybridized carbons (Fsp3) is 0.625. The standard InChI is InChI=1S/C24H35NO5/c1-23(2,3)29-21(27)25(22(28)30-24(4,5)6)16-18-11-13-19(14-12-18)20(26)15-17-9-7-8-10-17/h11-14,17H,7-10,15-16H2,1-6H3. The van der Waals surface area contributed by atoms with Gasteiger partial charge in [-0.05, 0) is 53.0 Å². The van der Waals surface area contributed by atoms with Crippen molar-refractivity contribution in [3.8, 4) is 0 Å². The normalized spacial score (nSPS) is 15.0. The summed E-state index contributed by atoms with van der Waals surface area (Å²) in [4.78, 5) is 38.7. The van der Waals surface area contributed by atoms with Gasteiger partial charge in [0.15, 0.2) is 5.78 Å². The summed E-state index contributed by atoms with van der Waals surface area (Å²) in [6, 6.07) is 7.05. The number of benzene rings is 1. The van der Waals surface area contributed by atoms with Crippen LogP contribution in [0, 0.1) is 5.92 Å². The molecule has 0 bridgehead atoms. The molecule has 30 heavy (non-hydrogen) atoms. The van der Waals surface area contributed by atoms with Crippen LogP contribution in [0.5, 0.6) is 0 Å². The molecule has 1 aliphatic carbocycles. The smallest absolute Gasteiger partial charge is 0.420 e. The second-order valence-electron chi connectivity index (χ2n) is 10.0. The molecule has 0 atom stereocenters. The van der Waals surface area contributed by atoms with Gasteiger partial charge in [-0.15, -0.1) is 0 Å². The van der Waals surface area contributed by atoms with E-state index in [0.29, 0.717) is 23.5 Å². The number of ether oxygens (including phenoxy) is 2. The van der Waals surface area contributed by atoms with Crippen molar-refractivity contribution >= 4 is 18.0 Å². The molecule has 0 aliphatic heterocycles. The number of carbonyl (C=O) groups is 3. The highest BCUT2D eigenvalue weighted by Gasteiger charge is 2.31. The maximum atomic E-state index is 12.6. The van der Waals surface area contributed by atoms with Crippen LogP contribution in [0.25, 0.3) is 0 Å². The van der Waals surface area contributed by atoms with E-state index < -0.39 is 23.4 Å². The Bertz CT molecular complexity index is 721. The number of amides is 2. The highest BCUT2D eigenvalue weighted by Crippen LogP contribution is 2.28. The SMILES string of the molecule is CC(C)(C)OC(=O)N(Cc1ccc(C(=O)CC2CCCC2)cc1)C(=O)OC(C)(C)C. The largest absolute Gasteiger partial charge is 0.443 e. The van der Waals surface area contributed by atoms with Gasteiger partial charge in [-0.25, -0.2) is 14.5 Å². The van der Waals surface area contributed by atoms with E-state index in [1.165, 1.54) is 12.8 Å². The molecule has 0 N–H and O–H groups in total. The van der Waals surface area contributed by atoms with E-state index >= 15 is 0 Å². The summed E-state index contributed by atoms with van der Waals surface area (Å²) in [7, 11) is 0. The minimum Gasteiger partial charge on any atom is -0.443 e. The summed E-state index contributed by atoms with van der Waals surface area (Å²) < 4.78 is 10.8. The number of hydrogen-bond acceptors (Lipinski definition) is 5. The Morgan fingerprint density at radius 1 is 0.867 bits per heavy atom. The summed E-state index contributed by atoms with van der Waals surface area (Å²) in [5, 5.41) is 0. The van der Waals surface area contributed by atoms with E-state index in [-0.39, 0.29) is 12.3 Å². The number of ketones is 1. The van der Waals surface area contributed by atoms with E-state index in [9.17, 15) is 14.4 Å². The van der Waals surface area contributed by atoms with Crippen molar-refractivity contribution in [2.45, 2.75) is 91.4 Å². The lowest BCUT2D eigenvalue weighted by atomic mass is 9.96. The first-order chi connectivity index (χ1) is 13.8. The molecule has 6 nitrogen and oxygen atoms in total. The maximum absolute atomic E-state index is 12.6. The molecule has 0 spiro atoms. The van der Waals surface area contributed by atoms with Crippen molar-refractivity contribution in [3.63, 3.8) is 0 Å². The Morgan fingerprint density at radius 3 is 1.77 bits per heavy atom. The van der Waals surface area contributed by atoms with Crippen LogP contribution in [-0.2, 0) is 16.0 Å². The van der Waals surface area contributed by atoms with Crippen LogP contribution in [0.2, 0.25) is 0 Å². The summed E-state index contributed by atoms with van der Waals surface area (Å²) >= 11 is 0. The molecule has 1 aromatic carbocycles. The van der Waals surface area contributed by atoms with Gasteiger partial charge in [-0.3, -0.25) is 4.79 Å². The van der Waals surface area contributed by atoms with Gasteiger partial charge in [-0.1, -0.05) is 49.9 Å². The molecule has 0 heterocycles. The van der Waals surface area contributed by atoms with Gasteiger partial charge in [0.2, 0.25) is 0 Å². The van der Waals surface area contributed by atoms with Gasteiger partial charge in [-0.2, -0.15) is 0 Å². The van der Waals surface area contributed by atoms with Gasteiger partial charge >= 0.3 is 12.2 Å². The molecule has 6 heteroatoms. The topological polar surface area (TPSA) is 72.9 Å². The van der Waals surface area contributed by atoms with Crippen LogP contribution in [-0.4, -0.2) is 34.1 Å². The first-order valence-electron chi connectivity index (χ1n) is 10.7. The molecule has 1 fully saturated rings. The predicted octanol–water partition coefficient (Wildman–Crippen LogP) is 6.12. The third-order valence-electron chi connectivity index (χ3n) is 4.79. The van der Waals surface area contributed by atoms with E-state index in [0.717, 1.165) is 17.7 Å². The van der Waals surface area contributed by atoms with Crippen LogP contribution in [0.15, 0.2) is 24.3 Å². The van der Waals surface area contributed by atoms with E-state index in [4.69, 9.17) is 9.47 Å². The van der Waals surface area contributed by atoms with E-state index in [1.807, 2.05) is 0 Å². The highest BCUT2D eigenvalue weighted by atomic mass is 16.6. The van der Waals surface area contributed by atoms with Gasteiger partial charge in [0.05, 0.1) is 6.54 Å². The van der Waals surface area contributed by atoms with Gasteiger partial charge in [0.25, 0.3) is 0 Å². The minimum atomic E-state index is -0.766. The molecule has 166 valence electrons. The lowest BCUT2D eigenvalue weighted by Gasteiger charge is -2.28. The Hall–Kier alpha value is -2.37. The lowest BCUT2D eigenvalue weighted by molar-refractivity contribution is -0.000270. The number of hydrogen-bond donors (Lipinski definition) is 0. The number of carbonyl (C=O) groups excluding carboxylic acids is 3. The highest BCUT2D eigenvalue weighted by molar-refractivity contribution is 5.96. The molecular formula is C24H35NO5.